The quantitative estimate of drug-likeness (QED) is 0.836. The second kappa shape index (κ2) is 6.20. The minimum absolute atomic E-state index is 0.0980. The number of carbonyl (C=O) groups excluding carboxylic acids is 1. The Kier molecular flexibility index (Phi) is 4.36. The maximum atomic E-state index is 11.3. The maximum Gasteiger partial charge on any atom is 0.344 e. The van der Waals surface area contributed by atoms with Gasteiger partial charge < -0.3 is 15.2 Å². The summed E-state index contributed by atoms with van der Waals surface area (Å²) in [6.45, 7) is 2.38. The van der Waals surface area contributed by atoms with Gasteiger partial charge in [-0.25, -0.2) is 4.79 Å². The Morgan fingerprint density at radius 1 is 1.21 bits per heavy atom. The number of hydrogen-bond acceptors (Lipinski definition) is 4. The summed E-state index contributed by atoms with van der Waals surface area (Å²) in [6, 6.07) is 11.7. The molecule has 0 spiro atoms. The Balaban J connectivity index is 2.25. The first-order chi connectivity index (χ1) is 9.26. The second-order valence-electron chi connectivity index (χ2n) is 4.06. The third-order valence-electron chi connectivity index (χ3n) is 2.85. The van der Waals surface area contributed by atoms with Crippen molar-refractivity contribution in [3.8, 4) is 5.75 Å². The number of fused-ring (bicyclic) bond motifs is 1. The lowest BCUT2D eigenvalue weighted by Gasteiger charge is -2.12. The monoisotopic (exact) mass is 259 g/mol. The van der Waals surface area contributed by atoms with Crippen molar-refractivity contribution >= 4 is 16.7 Å². The summed E-state index contributed by atoms with van der Waals surface area (Å²) in [4.78, 5) is 11.3. The predicted octanol–water partition coefficient (Wildman–Crippen LogP) is 2.24. The molecule has 4 nitrogen and oxygen atoms in total. The summed E-state index contributed by atoms with van der Waals surface area (Å²) >= 11 is 0. The lowest BCUT2D eigenvalue weighted by molar-refractivity contribution is -0.145. The van der Waals surface area contributed by atoms with Gasteiger partial charge in [-0.1, -0.05) is 30.3 Å². The summed E-state index contributed by atoms with van der Waals surface area (Å²) in [5.41, 5.74) is 6.69. The van der Waals surface area contributed by atoms with Gasteiger partial charge in [-0.3, -0.25) is 0 Å². The zero-order chi connectivity index (χ0) is 13.7. The molecule has 0 saturated carbocycles. The van der Waals surface area contributed by atoms with Crippen LogP contribution in [-0.4, -0.2) is 19.2 Å². The van der Waals surface area contributed by atoms with Crippen LogP contribution < -0.4 is 10.5 Å². The lowest BCUT2D eigenvalue weighted by atomic mass is 10.0. The minimum atomic E-state index is -0.376. The molecule has 0 amide bonds. The summed E-state index contributed by atoms with van der Waals surface area (Å²) in [7, 11) is 0. The van der Waals surface area contributed by atoms with E-state index in [4.69, 9.17) is 15.2 Å². The van der Waals surface area contributed by atoms with E-state index in [1.807, 2.05) is 36.4 Å². The van der Waals surface area contributed by atoms with E-state index in [9.17, 15) is 4.79 Å². The standard InChI is InChI=1S/C15H17NO3/c1-2-18-15(17)10-19-14-8-7-11-5-3-4-6-12(11)13(14)9-16/h3-8H,2,9-10,16H2,1H3. The van der Waals surface area contributed by atoms with E-state index in [1.54, 1.807) is 6.92 Å². The molecule has 0 saturated heterocycles. The Morgan fingerprint density at radius 2 is 2.00 bits per heavy atom. The average Bonchev–Trinajstić information content (AvgIpc) is 2.44. The first-order valence-electron chi connectivity index (χ1n) is 6.25. The molecular weight excluding hydrogens is 242 g/mol. The van der Waals surface area contributed by atoms with Gasteiger partial charge >= 0.3 is 5.97 Å². The van der Waals surface area contributed by atoms with Crippen molar-refractivity contribution in [1.82, 2.24) is 0 Å². The third kappa shape index (κ3) is 3.03. The molecule has 2 aromatic carbocycles. The molecule has 100 valence electrons. The molecular formula is C15H17NO3. The van der Waals surface area contributed by atoms with Gasteiger partial charge in [-0.2, -0.15) is 0 Å². The van der Waals surface area contributed by atoms with Gasteiger partial charge in [0.05, 0.1) is 6.61 Å². The van der Waals surface area contributed by atoms with Crippen molar-refractivity contribution < 1.29 is 14.3 Å². The molecule has 19 heavy (non-hydrogen) atoms. The fourth-order valence-electron chi connectivity index (χ4n) is 2.00. The largest absolute Gasteiger partial charge is 0.482 e. The normalized spacial score (nSPS) is 10.4. The molecule has 0 aliphatic heterocycles. The summed E-state index contributed by atoms with van der Waals surface area (Å²) in [6.07, 6.45) is 0. The van der Waals surface area contributed by atoms with Crippen molar-refractivity contribution in [2.75, 3.05) is 13.2 Å². The fourth-order valence-corrected chi connectivity index (χ4v) is 2.00. The van der Waals surface area contributed by atoms with E-state index in [-0.39, 0.29) is 12.6 Å². The average molecular weight is 259 g/mol. The molecule has 0 aliphatic carbocycles. The maximum absolute atomic E-state index is 11.3. The molecule has 0 aliphatic rings. The molecule has 0 atom stereocenters. The molecule has 2 aromatic rings. The van der Waals surface area contributed by atoms with Crippen molar-refractivity contribution in [1.29, 1.82) is 0 Å². The molecule has 2 rings (SSSR count). The van der Waals surface area contributed by atoms with Crippen molar-refractivity contribution in [3.63, 3.8) is 0 Å². The number of rotatable bonds is 5. The number of hydrogen-bond donors (Lipinski definition) is 1. The lowest BCUT2D eigenvalue weighted by Crippen LogP contribution is -2.15. The molecule has 0 unspecified atom stereocenters. The van der Waals surface area contributed by atoms with Crippen LogP contribution in [0, 0.1) is 0 Å². The van der Waals surface area contributed by atoms with Crippen LogP contribution in [0.4, 0.5) is 0 Å². The fraction of sp³-hybridized carbons (Fsp3) is 0.267. The second-order valence-corrected chi connectivity index (χ2v) is 4.06. The van der Waals surface area contributed by atoms with Crippen molar-refractivity contribution in [3.05, 3.63) is 42.0 Å². The summed E-state index contributed by atoms with van der Waals surface area (Å²) in [5, 5.41) is 2.15. The van der Waals surface area contributed by atoms with E-state index < -0.39 is 0 Å². The van der Waals surface area contributed by atoms with E-state index in [0.29, 0.717) is 18.9 Å². The number of nitrogens with two attached hydrogens (primary N) is 1. The molecule has 0 bridgehead atoms. The minimum Gasteiger partial charge on any atom is -0.482 e. The Bertz CT molecular complexity index is 581. The van der Waals surface area contributed by atoms with Crippen molar-refractivity contribution in [2.24, 2.45) is 5.73 Å². The summed E-state index contributed by atoms with van der Waals surface area (Å²) in [5.74, 6) is 0.257. The van der Waals surface area contributed by atoms with Gasteiger partial charge in [0.2, 0.25) is 0 Å². The highest BCUT2D eigenvalue weighted by molar-refractivity contribution is 5.87. The van der Waals surface area contributed by atoms with Crippen LogP contribution in [0.15, 0.2) is 36.4 Å². The van der Waals surface area contributed by atoms with E-state index in [2.05, 4.69) is 0 Å². The number of benzene rings is 2. The zero-order valence-corrected chi connectivity index (χ0v) is 10.9. The van der Waals surface area contributed by atoms with E-state index in [1.165, 1.54) is 0 Å². The summed E-state index contributed by atoms with van der Waals surface area (Å²) < 4.78 is 10.3. The Labute approximate surface area is 112 Å². The van der Waals surface area contributed by atoms with Gasteiger partial charge in [0.25, 0.3) is 0 Å². The van der Waals surface area contributed by atoms with Gasteiger partial charge in [0.1, 0.15) is 5.75 Å². The van der Waals surface area contributed by atoms with Crippen LogP contribution in [0.25, 0.3) is 10.8 Å². The highest BCUT2D eigenvalue weighted by Gasteiger charge is 2.09. The van der Waals surface area contributed by atoms with Crippen LogP contribution in [-0.2, 0) is 16.1 Å². The molecule has 0 heterocycles. The predicted molar refractivity (Wildman–Crippen MR) is 74.0 cm³/mol. The first-order valence-corrected chi connectivity index (χ1v) is 6.25. The van der Waals surface area contributed by atoms with Gasteiger partial charge in [-0.15, -0.1) is 0 Å². The highest BCUT2D eigenvalue weighted by Crippen LogP contribution is 2.27. The van der Waals surface area contributed by atoms with E-state index >= 15 is 0 Å². The molecule has 0 aromatic heterocycles. The van der Waals surface area contributed by atoms with Crippen LogP contribution in [0.5, 0.6) is 5.75 Å². The highest BCUT2D eigenvalue weighted by atomic mass is 16.6. The van der Waals surface area contributed by atoms with Crippen LogP contribution in [0.1, 0.15) is 12.5 Å². The third-order valence-corrected chi connectivity index (χ3v) is 2.85. The molecule has 0 fully saturated rings. The van der Waals surface area contributed by atoms with Crippen LogP contribution in [0.3, 0.4) is 0 Å². The topological polar surface area (TPSA) is 61.5 Å². The SMILES string of the molecule is CCOC(=O)COc1ccc2ccccc2c1CN. The molecule has 4 heteroatoms. The van der Waals surface area contributed by atoms with Gasteiger partial charge in [0.15, 0.2) is 6.61 Å². The van der Waals surface area contributed by atoms with Crippen LogP contribution >= 0.6 is 0 Å². The van der Waals surface area contributed by atoms with Crippen LogP contribution in [0.2, 0.25) is 0 Å². The number of carbonyl (C=O) groups is 1. The molecule has 2 N–H and O–H groups in total. The van der Waals surface area contributed by atoms with Gasteiger partial charge in [-0.05, 0) is 23.8 Å². The number of ether oxygens (including phenoxy) is 2. The Morgan fingerprint density at radius 3 is 2.74 bits per heavy atom. The smallest absolute Gasteiger partial charge is 0.344 e. The van der Waals surface area contributed by atoms with E-state index in [0.717, 1.165) is 16.3 Å². The molecule has 0 radical (unpaired) electrons. The van der Waals surface area contributed by atoms with Crippen molar-refractivity contribution in [2.45, 2.75) is 13.5 Å². The first kappa shape index (κ1) is 13.4. The van der Waals surface area contributed by atoms with Gasteiger partial charge in [0, 0.05) is 12.1 Å². The number of esters is 1. The Hall–Kier alpha value is -2.07. The zero-order valence-electron chi connectivity index (χ0n) is 10.9.